The summed E-state index contributed by atoms with van der Waals surface area (Å²) in [4.78, 5) is 19.0. The molecule has 1 aromatic heterocycles. The molecule has 1 aromatic carbocycles. The van der Waals surface area contributed by atoms with Crippen molar-refractivity contribution >= 4 is 42.2 Å². The second-order valence-electron chi connectivity index (χ2n) is 5.83. The van der Waals surface area contributed by atoms with E-state index in [0.717, 1.165) is 24.5 Å². The van der Waals surface area contributed by atoms with Crippen LogP contribution in [0.5, 0.6) is 0 Å². The number of hydrogen-bond acceptors (Lipinski definition) is 4. The number of hydrogen-bond donors (Lipinski definition) is 2. The summed E-state index contributed by atoms with van der Waals surface area (Å²) < 4.78 is 0. The molecule has 0 spiro atoms. The lowest BCUT2D eigenvalue weighted by molar-refractivity contribution is -0.117. The normalized spacial score (nSPS) is 14.7. The van der Waals surface area contributed by atoms with Crippen LogP contribution < -0.4 is 16.0 Å². The van der Waals surface area contributed by atoms with E-state index in [4.69, 9.17) is 5.73 Å². The number of carbonyl (C=O) groups excluding carboxylic acids is 1. The Morgan fingerprint density at radius 2 is 1.72 bits per heavy atom. The monoisotopic (exact) mass is 382 g/mol. The molecule has 3 rings (SSSR count). The summed E-state index contributed by atoms with van der Waals surface area (Å²) >= 11 is 0. The van der Waals surface area contributed by atoms with Gasteiger partial charge in [0.1, 0.15) is 11.9 Å². The molecule has 3 N–H and O–H groups in total. The van der Waals surface area contributed by atoms with E-state index in [1.54, 1.807) is 6.20 Å². The van der Waals surface area contributed by atoms with Gasteiger partial charge in [0.25, 0.3) is 0 Å². The highest BCUT2D eigenvalue weighted by Gasteiger charge is 2.16. The quantitative estimate of drug-likeness (QED) is 0.847. The van der Waals surface area contributed by atoms with Crippen molar-refractivity contribution in [2.75, 3.05) is 23.3 Å². The molecule has 1 saturated heterocycles. The minimum absolute atomic E-state index is 0. The van der Waals surface area contributed by atoms with Gasteiger partial charge in [-0.05, 0) is 37.0 Å². The number of aromatic nitrogens is 1. The summed E-state index contributed by atoms with van der Waals surface area (Å²) in [5.74, 6) is 0.735. The lowest BCUT2D eigenvalue weighted by atomic mass is 10.1. The summed E-state index contributed by atoms with van der Waals surface area (Å²) in [5.41, 5.74) is 7.46. The molecule has 7 heteroatoms. The van der Waals surface area contributed by atoms with E-state index >= 15 is 0 Å². The van der Waals surface area contributed by atoms with E-state index in [-0.39, 0.29) is 30.7 Å². The van der Waals surface area contributed by atoms with E-state index in [9.17, 15) is 4.79 Å². The van der Waals surface area contributed by atoms with Crippen LogP contribution in [-0.4, -0.2) is 24.0 Å². The van der Waals surface area contributed by atoms with Crippen LogP contribution in [0.2, 0.25) is 0 Å². The standard InChI is InChI=1S/C18H22N4O.2ClH/c19-17(14-7-3-1-4-8-14)18(23)21-15-9-10-16(20-13-15)22-11-5-2-6-12-22;;/h1,3-4,7-10,13,17H,2,5-6,11-12,19H2,(H,21,23);2*1H. The average Bonchev–Trinajstić information content (AvgIpc) is 2.63. The van der Waals surface area contributed by atoms with Gasteiger partial charge >= 0.3 is 0 Å². The Bertz CT molecular complexity index is 646. The first-order chi connectivity index (χ1) is 11.2. The van der Waals surface area contributed by atoms with E-state index in [1.165, 1.54) is 19.3 Å². The number of benzene rings is 1. The van der Waals surface area contributed by atoms with Gasteiger partial charge in [-0.2, -0.15) is 0 Å². The van der Waals surface area contributed by atoms with Gasteiger partial charge in [-0.1, -0.05) is 30.3 Å². The van der Waals surface area contributed by atoms with Crippen molar-refractivity contribution in [1.29, 1.82) is 0 Å². The first-order valence-electron chi connectivity index (χ1n) is 8.06. The molecule has 1 aliphatic rings. The molecule has 0 radical (unpaired) electrons. The summed E-state index contributed by atoms with van der Waals surface area (Å²) in [6, 6.07) is 12.5. The predicted octanol–water partition coefficient (Wildman–Crippen LogP) is 3.55. The molecular formula is C18H24Cl2N4O. The molecule has 1 amide bonds. The fourth-order valence-electron chi connectivity index (χ4n) is 2.80. The second-order valence-corrected chi connectivity index (χ2v) is 5.83. The van der Waals surface area contributed by atoms with Gasteiger partial charge in [0.05, 0.1) is 11.9 Å². The molecule has 0 saturated carbocycles. The summed E-state index contributed by atoms with van der Waals surface area (Å²) in [6.45, 7) is 2.11. The predicted molar refractivity (Wildman–Crippen MR) is 107 cm³/mol. The van der Waals surface area contributed by atoms with Crippen molar-refractivity contribution in [3.63, 3.8) is 0 Å². The number of carbonyl (C=O) groups is 1. The minimum atomic E-state index is -0.682. The molecule has 1 unspecified atom stereocenters. The maximum atomic E-state index is 12.2. The van der Waals surface area contributed by atoms with Crippen LogP contribution in [0.4, 0.5) is 11.5 Å². The molecule has 136 valence electrons. The Hall–Kier alpha value is -1.82. The number of halogens is 2. The van der Waals surface area contributed by atoms with E-state index in [0.29, 0.717) is 5.69 Å². The highest BCUT2D eigenvalue weighted by atomic mass is 35.5. The van der Waals surface area contributed by atoms with Crippen LogP contribution in [-0.2, 0) is 4.79 Å². The zero-order valence-electron chi connectivity index (χ0n) is 13.9. The molecule has 0 bridgehead atoms. The summed E-state index contributed by atoms with van der Waals surface area (Å²) in [5, 5.41) is 2.83. The number of nitrogens with two attached hydrogens (primary N) is 1. The molecule has 2 aromatic rings. The van der Waals surface area contributed by atoms with Crippen LogP contribution in [0.1, 0.15) is 30.9 Å². The van der Waals surface area contributed by atoms with Crippen molar-refractivity contribution in [2.24, 2.45) is 5.73 Å². The van der Waals surface area contributed by atoms with Crippen LogP contribution in [0, 0.1) is 0 Å². The number of amides is 1. The van der Waals surface area contributed by atoms with Gasteiger partial charge in [-0.25, -0.2) is 4.98 Å². The molecule has 2 heterocycles. The SMILES string of the molecule is Cl.Cl.NC(C(=O)Nc1ccc(N2CCCCC2)nc1)c1ccccc1. The summed E-state index contributed by atoms with van der Waals surface area (Å²) in [7, 11) is 0. The van der Waals surface area contributed by atoms with Gasteiger partial charge in [-0.3, -0.25) is 4.79 Å². The highest BCUT2D eigenvalue weighted by molar-refractivity contribution is 5.95. The van der Waals surface area contributed by atoms with Crippen molar-refractivity contribution < 1.29 is 4.79 Å². The van der Waals surface area contributed by atoms with Gasteiger partial charge in [0, 0.05) is 13.1 Å². The minimum Gasteiger partial charge on any atom is -0.357 e. The number of nitrogens with one attached hydrogen (secondary N) is 1. The van der Waals surface area contributed by atoms with Gasteiger partial charge < -0.3 is 16.0 Å². The Labute approximate surface area is 160 Å². The largest absolute Gasteiger partial charge is 0.357 e. The fourth-order valence-corrected chi connectivity index (χ4v) is 2.80. The molecule has 1 fully saturated rings. The number of piperidine rings is 1. The van der Waals surface area contributed by atoms with Crippen LogP contribution >= 0.6 is 24.8 Å². The summed E-state index contributed by atoms with van der Waals surface area (Å²) in [6.07, 6.45) is 5.42. The van der Waals surface area contributed by atoms with Gasteiger partial charge in [-0.15, -0.1) is 24.8 Å². The van der Waals surface area contributed by atoms with E-state index < -0.39 is 6.04 Å². The number of pyridine rings is 1. The Morgan fingerprint density at radius 3 is 2.32 bits per heavy atom. The van der Waals surface area contributed by atoms with Crippen LogP contribution in [0.3, 0.4) is 0 Å². The highest BCUT2D eigenvalue weighted by Crippen LogP contribution is 2.19. The van der Waals surface area contributed by atoms with Gasteiger partial charge in [0.15, 0.2) is 0 Å². The molecule has 25 heavy (non-hydrogen) atoms. The van der Waals surface area contributed by atoms with Crippen molar-refractivity contribution in [3.05, 3.63) is 54.2 Å². The van der Waals surface area contributed by atoms with Crippen molar-refractivity contribution in [2.45, 2.75) is 25.3 Å². The lowest BCUT2D eigenvalue weighted by Gasteiger charge is -2.27. The van der Waals surface area contributed by atoms with E-state index in [1.807, 2.05) is 42.5 Å². The average molecular weight is 383 g/mol. The zero-order chi connectivity index (χ0) is 16.1. The third kappa shape index (κ3) is 5.59. The van der Waals surface area contributed by atoms with Crippen molar-refractivity contribution in [1.82, 2.24) is 4.98 Å². The molecular weight excluding hydrogens is 359 g/mol. The van der Waals surface area contributed by atoms with Crippen molar-refractivity contribution in [3.8, 4) is 0 Å². The maximum absolute atomic E-state index is 12.2. The van der Waals surface area contributed by atoms with E-state index in [2.05, 4.69) is 15.2 Å². The third-order valence-corrected chi connectivity index (χ3v) is 4.14. The number of nitrogens with zero attached hydrogens (tertiary/aromatic N) is 2. The maximum Gasteiger partial charge on any atom is 0.245 e. The van der Waals surface area contributed by atoms with Gasteiger partial charge in [0.2, 0.25) is 5.91 Å². The lowest BCUT2D eigenvalue weighted by Crippen LogP contribution is -2.30. The first-order valence-corrected chi connectivity index (χ1v) is 8.06. The Kier molecular flexibility index (Phi) is 8.69. The second kappa shape index (κ2) is 10.2. The fraction of sp³-hybridized carbons (Fsp3) is 0.333. The molecule has 1 aliphatic heterocycles. The van der Waals surface area contributed by atoms with Crippen LogP contribution in [0.25, 0.3) is 0 Å². The zero-order valence-corrected chi connectivity index (χ0v) is 15.6. The Balaban J connectivity index is 0.00000156. The molecule has 5 nitrogen and oxygen atoms in total. The smallest absolute Gasteiger partial charge is 0.245 e. The topological polar surface area (TPSA) is 71.2 Å². The number of anilines is 2. The van der Waals surface area contributed by atoms with Crippen LogP contribution in [0.15, 0.2) is 48.7 Å². The Morgan fingerprint density at radius 1 is 1.04 bits per heavy atom. The molecule has 1 atom stereocenters. The first kappa shape index (κ1) is 21.2. The third-order valence-electron chi connectivity index (χ3n) is 4.14. The molecule has 0 aliphatic carbocycles. The number of rotatable bonds is 4.